The van der Waals surface area contributed by atoms with Gasteiger partial charge < -0.3 is 4.90 Å². The van der Waals surface area contributed by atoms with Gasteiger partial charge in [0.15, 0.2) is 5.65 Å². The van der Waals surface area contributed by atoms with Crippen molar-refractivity contribution in [1.82, 2.24) is 19.5 Å². The average Bonchev–Trinajstić information content (AvgIpc) is 3.18. The number of alkyl halides is 3. The molecular formula is C22H23F3N4OS. The molecule has 0 bridgehead atoms. The molecule has 0 spiro atoms. The molecule has 0 aliphatic carbocycles. The third-order valence-corrected chi connectivity index (χ3v) is 6.50. The Kier molecular flexibility index (Phi) is 6.22. The number of likely N-dealkylation sites (tertiary alicyclic amines) is 1. The number of benzene rings is 1. The molecule has 9 heteroatoms. The molecule has 1 aromatic carbocycles. The van der Waals surface area contributed by atoms with Crippen molar-refractivity contribution in [1.29, 1.82) is 0 Å². The lowest BCUT2D eigenvalue weighted by molar-refractivity contribution is -0.137. The van der Waals surface area contributed by atoms with E-state index in [1.165, 1.54) is 21.6 Å². The summed E-state index contributed by atoms with van der Waals surface area (Å²) in [6.45, 7) is 3.14. The third-order valence-electron chi connectivity index (χ3n) is 5.51. The Labute approximate surface area is 182 Å². The van der Waals surface area contributed by atoms with Crippen LogP contribution in [0.15, 0.2) is 42.6 Å². The average molecular weight is 449 g/mol. The molecule has 0 saturated carbocycles. The number of pyridine rings is 1. The number of thioether (sulfide) groups is 1. The van der Waals surface area contributed by atoms with Gasteiger partial charge in [-0.05, 0) is 37.5 Å². The minimum absolute atomic E-state index is 0.0478. The van der Waals surface area contributed by atoms with Gasteiger partial charge in [0.1, 0.15) is 5.82 Å². The van der Waals surface area contributed by atoms with E-state index in [1.54, 1.807) is 16.7 Å². The van der Waals surface area contributed by atoms with Crippen LogP contribution >= 0.6 is 11.8 Å². The molecule has 1 unspecified atom stereocenters. The van der Waals surface area contributed by atoms with Gasteiger partial charge in [0.25, 0.3) is 0 Å². The summed E-state index contributed by atoms with van der Waals surface area (Å²) in [6, 6.07) is 10.6. The monoisotopic (exact) mass is 448 g/mol. The molecule has 0 radical (unpaired) electrons. The van der Waals surface area contributed by atoms with Crippen molar-refractivity contribution >= 4 is 23.3 Å². The van der Waals surface area contributed by atoms with Crippen molar-refractivity contribution in [2.24, 2.45) is 0 Å². The lowest BCUT2D eigenvalue weighted by atomic mass is 9.97. The first-order valence-corrected chi connectivity index (χ1v) is 11.3. The Balaban J connectivity index is 1.41. The van der Waals surface area contributed by atoms with E-state index in [4.69, 9.17) is 0 Å². The first-order chi connectivity index (χ1) is 14.8. The molecule has 3 aromatic rings. The van der Waals surface area contributed by atoms with Crippen LogP contribution in [0.3, 0.4) is 0 Å². The molecule has 1 fully saturated rings. The number of carbonyl (C=O) groups is 1. The summed E-state index contributed by atoms with van der Waals surface area (Å²) in [7, 11) is 0. The second-order valence-corrected chi connectivity index (χ2v) is 8.84. The topological polar surface area (TPSA) is 50.5 Å². The Hall–Kier alpha value is -2.55. The fourth-order valence-electron chi connectivity index (χ4n) is 3.80. The van der Waals surface area contributed by atoms with Crippen LogP contribution in [0.2, 0.25) is 0 Å². The van der Waals surface area contributed by atoms with E-state index in [-0.39, 0.29) is 11.8 Å². The highest BCUT2D eigenvalue weighted by molar-refractivity contribution is 7.99. The molecular weight excluding hydrogens is 425 g/mol. The van der Waals surface area contributed by atoms with Gasteiger partial charge in [0.05, 0.1) is 11.3 Å². The smallest absolute Gasteiger partial charge is 0.341 e. The maximum atomic E-state index is 13.1. The number of aromatic nitrogens is 3. The minimum atomic E-state index is -4.43. The summed E-state index contributed by atoms with van der Waals surface area (Å²) in [6.07, 6.45) is -1.84. The van der Waals surface area contributed by atoms with E-state index >= 15 is 0 Å². The van der Waals surface area contributed by atoms with Crippen molar-refractivity contribution in [3.05, 3.63) is 65.1 Å². The molecule has 3 heterocycles. The third kappa shape index (κ3) is 5.03. The molecule has 0 N–H and O–H groups in total. The second-order valence-electron chi connectivity index (χ2n) is 7.86. The molecule has 164 valence electrons. The number of rotatable bonds is 5. The molecule has 31 heavy (non-hydrogen) atoms. The van der Waals surface area contributed by atoms with Gasteiger partial charge in [-0.25, -0.2) is 0 Å². The van der Waals surface area contributed by atoms with E-state index in [2.05, 4.69) is 34.5 Å². The van der Waals surface area contributed by atoms with Gasteiger partial charge >= 0.3 is 6.18 Å². The van der Waals surface area contributed by atoms with E-state index in [0.717, 1.165) is 30.9 Å². The van der Waals surface area contributed by atoms with Crippen LogP contribution in [-0.4, -0.2) is 44.2 Å². The predicted octanol–water partition coefficient (Wildman–Crippen LogP) is 4.70. The van der Waals surface area contributed by atoms with Gasteiger partial charge in [-0.1, -0.05) is 29.8 Å². The number of halogens is 3. The lowest BCUT2D eigenvalue weighted by Crippen LogP contribution is -2.40. The van der Waals surface area contributed by atoms with Crippen molar-refractivity contribution < 1.29 is 18.0 Å². The summed E-state index contributed by atoms with van der Waals surface area (Å²) in [4.78, 5) is 14.5. The Morgan fingerprint density at radius 2 is 1.94 bits per heavy atom. The summed E-state index contributed by atoms with van der Waals surface area (Å²) in [5, 5.41) is 8.16. The first-order valence-electron chi connectivity index (χ1n) is 10.1. The summed E-state index contributed by atoms with van der Waals surface area (Å²) < 4.78 is 40.8. The number of amides is 1. The van der Waals surface area contributed by atoms with Crippen LogP contribution in [-0.2, 0) is 16.7 Å². The standard InChI is InChI=1S/C22H23F3N4OS/c1-15-4-6-16(7-5-15)13-31-14-20(30)28-10-2-3-17(11-28)21-27-26-19-9-8-18(12-29(19)21)22(23,24)25/h4-9,12,17H,2-3,10-11,13-14H2,1H3. The van der Waals surface area contributed by atoms with Crippen LogP contribution in [0.5, 0.6) is 0 Å². The number of carbonyl (C=O) groups excluding carboxylic acids is 1. The molecule has 1 aliphatic heterocycles. The predicted molar refractivity (Wildman–Crippen MR) is 114 cm³/mol. The Morgan fingerprint density at radius 3 is 2.68 bits per heavy atom. The van der Waals surface area contributed by atoms with Crippen molar-refractivity contribution in [2.75, 3.05) is 18.8 Å². The number of piperidine rings is 1. The van der Waals surface area contributed by atoms with Gasteiger partial charge in [-0.3, -0.25) is 9.20 Å². The van der Waals surface area contributed by atoms with Crippen LogP contribution in [0.25, 0.3) is 5.65 Å². The first kappa shape index (κ1) is 21.7. The Morgan fingerprint density at radius 1 is 1.16 bits per heavy atom. The fourth-order valence-corrected chi connectivity index (χ4v) is 4.69. The molecule has 1 saturated heterocycles. The summed E-state index contributed by atoms with van der Waals surface area (Å²) in [5.74, 6) is 1.52. The zero-order valence-corrected chi connectivity index (χ0v) is 17.9. The Bertz CT molecular complexity index is 1060. The highest BCUT2D eigenvalue weighted by Crippen LogP contribution is 2.31. The number of nitrogens with zero attached hydrogens (tertiary/aromatic N) is 4. The van der Waals surface area contributed by atoms with Crippen LogP contribution in [0.4, 0.5) is 13.2 Å². The number of hydrogen-bond acceptors (Lipinski definition) is 4. The van der Waals surface area contributed by atoms with Crippen molar-refractivity contribution in [3.63, 3.8) is 0 Å². The molecule has 1 aliphatic rings. The maximum Gasteiger partial charge on any atom is 0.417 e. The van der Waals surface area contributed by atoms with Gasteiger partial charge in [-0.15, -0.1) is 22.0 Å². The quantitative estimate of drug-likeness (QED) is 0.568. The summed E-state index contributed by atoms with van der Waals surface area (Å²) >= 11 is 1.57. The zero-order valence-electron chi connectivity index (χ0n) is 17.1. The molecule has 5 nitrogen and oxygen atoms in total. The van der Waals surface area contributed by atoms with E-state index in [1.807, 2.05) is 6.92 Å². The highest BCUT2D eigenvalue weighted by atomic mass is 32.2. The van der Waals surface area contributed by atoms with E-state index in [9.17, 15) is 18.0 Å². The van der Waals surface area contributed by atoms with Crippen molar-refractivity contribution in [3.8, 4) is 0 Å². The van der Waals surface area contributed by atoms with Crippen LogP contribution in [0.1, 0.15) is 41.3 Å². The SMILES string of the molecule is Cc1ccc(CSCC(=O)N2CCCC(c3nnc4ccc(C(F)(F)F)cn34)C2)cc1. The van der Waals surface area contributed by atoms with E-state index in [0.29, 0.717) is 30.3 Å². The van der Waals surface area contributed by atoms with Crippen molar-refractivity contribution in [2.45, 2.75) is 37.6 Å². The van der Waals surface area contributed by atoms with E-state index < -0.39 is 11.7 Å². The number of fused-ring (bicyclic) bond motifs is 1. The van der Waals surface area contributed by atoms with Gasteiger partial charge in [-0.2, -0.15) is 13.2 Å². The number of aryl methyl sites for hydroxylation is 1. The second kappa shape index (κ2) is 8.90. The normalized spacial score (nSPS) is 17.3. The minimum Gasteiger partial charge on any atom is -0.341 e. The highest BCUT2D eigenvalue weighted by Gasteiger charge is 2.32. The number of hydrogen-bond donors (Lipinski definition) is 0. The zero-order chi connectivity index (χ0) is 22.0. The van der Waals surface area contributed by atoms with Crippen LogP contribution < -0.4 is 0 Å². The van der Waals surface area contributed by atoms with Crippen LogP contribution in [0, 0.1) is 6.92 Å². The molecule has 2 aromatic heterocycles. The molecule has 1 amide bonds. The molecule has 1 atom stereocenters. The summed E-state index contributed by atoms with van der Waals surface area (Å²) in [5.41, 5.74) is 2.01. The largest absolute Gasteiger partial charge is 0.417 e. The maximum absolute atomic E-state index is 13.1. The lowest BCUT2D eigenvalue weighted by Gasteiger charge is -2.32. The molecule has 4 rings (SSSR count). The fraction of sp³-hybridized carbons (Fsp3) is 0.409. The van der Waals surface area contributed by atoms with Gasteiger partial charge in [0, 0.05) is 31.0 Å². The van der Waals surface area contributed by atoms with Gasteiger partial charge in [0.2, 0.25) is 5.91 Å².